The van der Waals surface area contributed by atoms with Gasteiger partial charge in [-0.15, -0.1) is 0 Å². The summed E-state index contributed by atoms with van der Waals surface area (Å²) in [5, 5.41) is 11.4. The summed E-state index contributed by atoms with van der Waals surface area (Å²) in [5.41, 5.74) is 0. The zero-order chi connectivity index (χ0) is 13.5. The third-order valence-corrected chi connectivity index (χ3v) is 2.69. The maximum absolute atomic E-state index is 11.6. The van der Waals surface area contributed by atoms with Crippen molar-refractivity contribution in [3.63, 3.8) is 0 Å². The molecule has 1 aromatic heterocycles. The smallest absolute Gasteiger partial charge is 0.326 e. The summed E-state index contributed by atoms with van der Waals surface area (Å²) in [6, 6.07) is -1.21. The normalized spacial score (nSPS) is 11.9. The summed E-state index contributed by atoms with van der Waals surface area (Å²) in [6.07, 6.45) is 6.01. The summed E-state index contributed by atoms with van der Waals surface area (Å²) < 4.78 is 1.91. The van der Waals surface area contributed by atoms with E-state index in [9.17, 15) is 9.59 Å². The molecule has 0 aliphatic carbocycles. The van der Waals surface area contributed by atoms with E-state index in [2.05, 4.69) is 10.3 Å². The quantitative estimate of drug-likeness (QED) is 0.719. The number of carboxylic acid groups (broad SMARTS) is 1. The van der Waals surface area contributed by atoms with Crippen molar-refractivity contribution in [2.24, 2.45) is 0 Å². The van der Waals surface area contributed by atoms with Crippen LogP contribution in [-0.4, -0.2) is 51.2 Å². The molecule has 0 spiro atoms. The SMILES string of the molecule is CC(C(=O)O)N(C)C(=O)NCCCn1ccnc1. The minimum Gasteiger partial charge on any atom is -0.480 e. The van der Waals surface area contributed by atoms with Crippen molar-refractivity contribution >= 4 is 12.0 Å². The molecule has 0 aliphatic rings. The van der Waals surface area contributed by atoms with Crippen LogP contribution >= 0.6 is 0 Å². The molecule has 1 unspecified atom stereocenters. The summed E-state index contributed by atoms with van der Waals surface area (Å²) in [7, 11) is 1.46. The van der Waals surface area contributed by atoms with Crippen molar-refractivity contribution in [3.05, 3.63) is 18.7 Å². The Morgan fingerprint density at radius 2 is 2.28 bits per heavy atom. The summed E-state index contributed by atoms with van der Waals surface area (Å²) in [5.74, 6) is -1.02. The number of carbonyl (C=O) groups excluding carboxylic acids is 1. The molecule has 0 saturated carbocycles. The van der Waals surface area contributed by atoms with Crippen LogP contribution < -0.4 is 5.32 Å². The standard InChI is InChI=1S/C11H18N4O3/c1-9(10(16)17)14(2)11(18)13-4-3-6-15-7-5-12-8-15/h5,7-9H,3-4,6H2,1-2H3,(H,13,18)(H,16,17). The second-order valence-electron chi connectivity index (χ2n) is 4.01. The number of carbonyl (C=O) groups is 2. The second kappa shape index (κ2) is 6.63. The van der Waals surface area contributed by atoms with Gasteiger partial charge in [0, 0.05) is 32.5 Å². The Bertz CT molecular complexity index is 391. The summed E-state index contributed by atoms with van der Waals surface area (Å²) >= 11 is 0. The van der Waals surface area contributed by atoms with Crippen LogP contribution in [0.3, 0.4) is 0 Å². The van der Waals surface area contributed by atoms with Gasteiger partial charge in [0.25, 0.3) is 0 Å². The van der Waals surface area contributed by atoms with Crippen LogP contribution in [0.1, 0.15) is 13.3 Å². The molecule has 2 N–H and O–H groups in total. The van der Waals surface area contributed by atoms with Gasteiger partial charge < -0.3 is 19.9 Å². The van der Waals surface area contributed by atoms with Crippen molar-refractivity contribution in [1.82, 2.24) is 19.8 Å². The van der Waals surface area contributed by atoms with Crippen LogP contribution in [-0.2, 0) is 11.3 Å². The van der Waals surface area contributed by atoms with Gasteiger partial charge >= 0.3 is 12.0 Å². The Morgan fingerprint density at radius 1 is 1.56 bits per heavy atom. The highest BCUT2D eigenvalue weighted by atomic mass is 16.4. The number of likely N-dealkylation sites (N-methyl/N-ethyl adjacent to an activating group) is 1. The van der Waals surface area contributed by atoms with E-state index in [0.717, 1.165) is 13.0 Å². The number of rotatable bonds is 6. The number of nitrogens with zero attached hydrogens (tertiary/aromatic N) is 3. The van der Waals surface area contributed by atoms with Crippen LogP contribution in [0.2, 0.25) is 0 Å². The Balaban J connectivity index is 2.22. The van der Waals surface area contributed by atoms with E-state index in [4.69, 9.17) is 5.11 Å². The molecule has 1 aromatic rings. The number of urea groups is 1. The Labute approximate surface area is 105 Å². The Kier molecular flexibility index (Phi) is 5.16. The summed E-state index contributed by atoms with van der Waals surface area (Å²) in [4.78, 5) is 27.4. The van der Waals surface area contributed by atoms with Crippen LogP contribution in [0.4, 0.5) is 4.79 Å². The van der Waals surface area contributed by atoms with Gasteiger partial charge in [-0.05, 0) is 13.3 Å². The van der Waals surface area contributed by atoms with Gasteiger partial charge in [-0.2, -0.15) is 0 Å². The van der Waals surface area contributed by atoms with Gasteiger partial charge in [0.05, 0.1) is 6.33 Å². The average molecular weight is 254 g/mol. The molecule has 0 bridgehead atoms. The van der Waals surface area contributed by atoms with E-state index in [-0.39, 0.29) is 6.03 Å². The fourth-order valence-electron chi connectivity index (χ4n) is 1.34. The van der Waals surface area contributed by atoms with Crippen LogP contribution in [0.25, 0.3) is 0 Å². The number of hydrogen-bond acceptors (Lipinski definition) is 3. The average Bonchev–Trinajstić information content (AvgIpc) is 2.85. The Hall–Kier alpha value is -2.05. The number of aryl methyl sites for hydroxylation is 1. The molecule has 0 aliphatic heterocycles. The van der Waals surface area contributed by atoms with Crippen molar-refractivity contribution < 1.29 is 14.7 Å². The van der Waals surface area contributed by atoms with Crippen LogP contribution in [0.5, 0.6) is 0 Å². The molecule has 1 rings (SSSR count). The van der Waals surface area contributed by atoms with E-state index in [1.807, 2.05) is 10.8 Å². The zero-order valence-electron chi connectivity index (χ0n) is 10.5. The lowest BCUT2D eigenvalue weighted by Crippen LogP contribution is -2.46. The van der Waals surface area contributed by atoms with Gasteiger partial charge in [-0.3, -0.25) is 0 Å². The number of carboxylic acids is 1. The molecule has 0 aromatic carbocycles. The number of nitrogens with one attached hydrogen (secondary N) is 1. The van der Waals surface area contributed by atoms with Crippen molar-refractivity contribution in [3.8, 4) is 0 Å². The summed E-state index contributed by atoms with van der Waals surface area (Å²) in [6.45, 7) is 2.72. The maximum Gasteiger partial charge on any atom is 0.326 e. The molecule has 7 nitrogen and oxygen atoms in total. The first-order valence-corrected chi connectivity index (χ1v) is 5.71. The fraction of sp³-hybridized carbons (Fsp3) is 0.545. The molecule has 18 heavy (non-hydrogen) atoms. The largest absolute Gasteiger partial charge is 0.480 e. The number of imidazole rings is 1. The van der Waals surface area contributed by atoms with E-state index in [1.54, 1.807) is 12.5 Å². The van der Waals surface area contributed by atoms with E-state index in [0.29, 0.717) is 6.54 Å². The lowest BCUT2D eigenvalue weighted by atomic mass is 10.3. The lowest BCUT2D eigenvalue weighted by Gasteiger charge is -2.21. The number of hydrogen-bond donors (Lipinski definition) is 2. The first-order valence-electron chi connectivity index (χ1n) is 5.71. The highest BCUT2D eigenvalue weighted by Gasteiger charge is 2.20. The monoisotopic (exact) mass is 254 g/mol. The number of aromatic nitrogens is 2. The predicted octanol–water partition coefficient (Wildman–Crippen LogP) is 0.388. The van der Waals surface area contributed by atoms with E-state index < -0.39 is 12.0 Å². The lowest BCUT2D eigenvalue weighted by molar-refractivity contribution is -0.141. The first kappa shape index (κ1) is 14.0. The Morgan fingerprint density at radius 3 is 2.83 bits per heavy atom. The third kappa shape index (κ3) is 4.08. The van der Waals surface area contributed by atoms with Gasteiger partial charge in [0.15, 0.2) is 0 Å². The fourth-order valence-corrected chi connectivity index (χ4v) is 1.34. The van der Waals surface area contributed by atoms with Crippen molar-refractivity contribution in [2.75, 3.05) is 13.6 Å². The van der Waals surface area contributed by atoms with Gasteiger partial charge in [0.2, 0.25) is 0 Å². The van der Waals surface area contributed by atoms with E-state index >= 15 is 0 Å². The topological polar surface area (TPSA) is 87.5 Å². The molecular weight excluding hydrogens is 236 g/mol. The second-order valence-corrected chi connectivity index (χ2v) is 4.01. The molecule has 1 heterocycles. The number of amides is 2. The van der Waals surface area contributed by atoms with Crippen LogP contribution in [0, 0.1) is 0 Å². The zero-order valence-corrected chi connectivity index (χ0v) is 10.5. The van der Waals surface area contributed by atoms with Gasteiger partial charge in [-0.1, -0.05) is 0 Å². The van der Waals surface area contributed by atoms with Crippen molar-refractivity contribution in [1.29, 1.82) is 0 Å². The molecule has 2 amide bonds. The molecule has 1 atom stereocenters. The highest BCUT2D eigenvalue weighted by molar-refractivity contribution is 5.82. The molecular formula is C11H18N4O3. The predicted molar refractivity (Wildman–Crippen MR) is 65.1 cm³/mol. The van der Waals surface area contributed by atoms with E-state index in [1.165, 1.54) is 18.9 Å². The number of aliphatic carboxylic acids is 1. The first-order chi connectivity index (χ1) is 8.52. The van der Waals surface area contributed by atoms with Crippen molar-refractivity contribution in [2.45, 2.75) is 25.9 Å². The minimum absolute atomic E-state index is 0.379. The molecule has 0 radical (unpaired) electrons. The van der Waals surface area contributed by atoms with Gasteiger partial charge in [-0.25, -0.2) is 14.6 Å². The van der Waals surface area contributed by atoms with Crippen LogP contribution in [0.15, 0.2) is 18.7 Å². The molecule has 0 saturated heterocycles. The third-order valence-electron chi connectivity index (χ3n) is 2.69. The highest BCUT2D eigenvalue weighted by Crippen LogP contribution is 1.96. The molecule has 7 heteroatoms. The maximum atomic E-state index is 11.6. The molecule has 100 valence electrons. The minimum atomic E-state index is -1.02. The molecule has 0 fully saturated rings. The van der Waals surface area contributed by atoms with Gasteiger partial charge in [0.1, 0.15) is 6.04 Å².